The molecule has 8 nitrogen and oxygen atoms in total. The highest BCUT2D eigenvalue weighted by Crippen LogP contribution is 2.31. The van der Waals surface area contributed by atoms with Crippen molar-refractivity contribution in [1.29, 1.82) is 0 Å². The van der Waals surface area contributed by atoms with Crippen molar-refractivity contribution < 1.29 is 28.0 Å². The second-order valence-corrected chi connectivity index (χ2v) is 6.40. The first-order valence-corrected chi connectivity index (χ1v) is 8.28. The van der Waals surface area contributed by atoms with Gasteiger partial charge in [0.25, 0.3) is 5.91 Å². The lowest BCUT2D eigenvalue weighted by Crippen LogP contribution is -2.48. The van der Waals surface area contributed by atoms with Gasteiger partial charge in [-0.05, 0) is 38.5 Å². The van der Waals surface area contributed by atoms with Gasteiger partial charge in [-0.15, -0.1) is 0 Å². The molecule has 0 aliphatic carbocycles. The molecule has 1 aromatic carbocycles. The fourth-order valence-electron chi connectivity index (χ4n) is 2.58. The zero-order chi connectivity index (χ0) is 20.4. The van der Waals surface area contributed by atoms with Crippen LogP contribution in [0.15, 0.2) is 18.2 Å². The summed E-state index contributed by atoms with van der Waals surface area (Å²) in [5, 5.41) is 6.77. The highest BCUT2D eigenvalue weighted by molar-refractivity contribution is 6.10. The van der Waals surface area contributed by atoms with Crippen LogP contribution >= 0.6 is 0 Å². The van der Waals surface area contributed by atoms with Gasteiger partial charge in [-0.25, -0.2) is 18.4 Å². The lowest BCUT2D eigenvalue weighted by atomic mass is 9.91. The lowest BCUT2D eigenvalue weighted by molar-refractivity contribution is -0.134. The molecule has 0 radical (unpaired) electrons. The SMILES string of the molecule is CC[C@H](C)NC(=O)NC(=O)CN1C(=O)N[C@](C)(c2cc(F)ccc2F)C1=O. The van der Waals surface area contributed by atoms with Crippen molar-refractivity contribution in [2.24, 2.45) is 0 Å². The third kappa shape index (κ3) is 4.21. The predicted octanol–water partition coefficient (Wildman–Crippen LogP) is 1.36. The molecule has 1 aliphatic rings. The number of hydrogen-bond acceptors (Lipinski definition) is 4. The molecular formula is C17H20F2N4O4. The van der Waals surface area contributed by atoms with Gasteiger partial charge in [-0.2, -0.15) is 0 Å². The van der Waals surface area contributed by atoms with Gasteiger partial charge in [0.05, 0.1) is 0 Å². The lowest BCUT2D eigenvalue weighted by Gasteiger charge is -2.22. The smallest absolute Gasteiger partial charge is 0.325 e. The summed E-state index contributed by atoms with van der Waals surface area (Å²) in [4.78, 5) is 48.9. The molecule has 0 saturated carbocycles. The summed E-state index contributed by atoms with van der Waals surface area (Å²) in [7, 11) is 0. The van der Waals surface area contributed by atoms with Crippen LogP contribution < -0.4 is 16.0 Å². The topological polar surface area (TPSA) is 108 Å². The van der Waals surface area contributed by atoms with Crippen LogP contribution in [0.5, 0.6) is 0 Å². The van der Waals surface area contributed by atoms with Gasteiger partial charge in [-0.3, -0.25) is 19.8 Å². The van der Waals surface area contributed by atoms with E-state index in [0.29, 0.717) is 11.3 Å². The average Bonchev–Trinajstić information content (AvgIpc) is 2.80. The molecule has 1 saturated heterocycles. The highest BCUT2D eigenvalue weighted by Gasteiger charge is 2.50. The maximum atomic E-state index is 14.1. The van der Waals surface area contributed by atoms with E-state index in [-0.39, 0.29) is 11.6 Å². The molecule has 2 atom stereocenters. The third-order valence-electron chi connectivity index (χ3n) is 4.29. The van der Waals surface area contributed by atoms with E-state index in [0.717, 1.165) is 18.2 Å². The van der Waals surface area contributed by atoms with Crippen molar-refractivity contribution >= 4 is 23.9 Å². The van der Waals surface area contributed by atoms with Gasteiger partial charge in [-0.1, -0.05) is 6.92 Å². The number of carbonyl (C=O) groups is 4. The Hall–Kier alpha value is -3.04. The number of urea groups is 2. The molecule has 0 unspecified atom stereocenters. The summed E-state index contributed by atoms with van der Waals surface area (Å²) in [5.41, 5.74) is -2.24. The molecule has 146 valence electrons. The molecule has 3 N–H and O–H groups in total. The molecule has 0 aromatic heterocycles. The van der Waals surface area contributed by atoms with E-state index in [4.69, 9.17) is 0 Å². The zero-order valence-electron chi connectivity index (χ0n) is 15.1. The van der Waals surface area contributed by atoms with Gasteiger partial charge in [0.2, 0.25) is 5.91 Å². The third-order valence-corrected chi connectivity index (χ3v) is 4.29. The van der Waals surface area contributed by atoms with Gasteiger partial charge < -0.3 is 10.6 Å². The Bertz CT molecular complexity index is 801. The minimum Gasteiger partial charge on any atom is -0.335 e. The Morgan fingerprint density at radius 1 is 1.30 bits per heavy atom. The number of nitrogens with zero attached hydrogens (tertiary/aromatic N) is 1. The Morgan fingerprint density at radius 3 is 2.59 bits per heavy atom. The first-order valence-electron chi connectivity index (χ1n) is 8.28. The summed E-state index contributed by atoms with van der Waals surface area (Å²) in [6, 6.07) is 0.628. The Morgan fingerprint density at radius 2 is 1.96 bits per heavy atom. The molecule has 6 amide bonds. The van der Waals surface area contributed by atoms with Crippen molar-refractivity contribution in [3.8, 4) is 0 Å². The average molecular weight is 382 g/mol. The number of imide groups is 2. The minimum atomic E-state index is -1.87. The molecule has 0 spiro atoms. The van der Waals surface area contributed by atoms with Crippen molar-refractivity contribution in [3.63, 3.8) is 0 Å². The van der Waals surface area contributed by atoms with Crippen molar-refractivity contribution in [3.05, 3.63) is 35.4 Å². The minimum absolute atomic E-state index is 0.172. The number of rotatable bonds is 5. The van der Waals surface area contributed by atoms with E-state index in [1.54, 1.807) is 6.92 Å². The Labute approximate surface area is 154 Å². The van der Waals surface area contributed by atoms with Crippen LogP contribution in [0, 0.1) is 11.6 Å². The number of nitrogens with one attached hydrogen (secondary N) is 3. The van der Waals surface area contributed by atoms with Crippen LogP contribution in [0.3, 0.4) is 0 Å². The highest BCUT2D eigenvalue weighted by atomic mass is 19.1. The second-order valence-electron chi connectivity index (χ2n) is 6.40. The standard InChI is InChI=1S/C17H20F2N4O4/c1-4-9(2)20-15(26)21-13(24)8-23-14(25)17(3,22-16(23)27)11-7-10(18)5-6-12(11)19/h5-7,9H,4,8H2,1-3H3,(H,22,27)(H2,20,21,24,26)/t9-,17+/m0/s1. The molecule has 1 aromatic rings. The van der Waals surface area contributed by atoms with Gasteiger partial charge >= 0.3 is 12.1 Å². The van der Waals surface area contributed by atoms with E-state index in [1.807, 2.05) is 12.2 Å². The Kier molecular flexibility index (Phi) is 5.77. The van der Waals surface area contributed by atoms with Crippen LogP contribution in [0.1, 0.15) is 32.8 Å². The molecular weight excluding hydrogens is 362 g/mol. The fourth-order valence-corrected chi connectivity index (χ4v) is 2.58. The van der Waals surface area contributed by atoms with E-state index in [1.165, 1.54) is 6.92 Å². The first kappa shape index (κ1) is 20.3. The monoisotopic (exact) mass is 382 g/mol. The number of halogens is 2. The molecule has 10 heteroatoms. The van der Waals surface area contributed by atoms with Crippen LogP contribution in [0.25, 0.3) is 0 Å². The predicted molar refractivity (Wildman–Crippen MR) is 90.4 cm³/mol. The van der Waals surface area contributed by atoms with Crippen LogP contribution in [-0.2, 0) is 15.1 Å². The first-order chi connectivity index (χ1) is 12.6. The van der Waals surface area contributed by atoms with Gasteiger partial charge in [0.1, 0.15) is 23.7 Å². The molecule has 0 bridgehead atoms. The van der Waals surface area contributed by atoms with Crippen molar-refractivity contribution in [2.75, 3.05) is 6.54 Å². The van der Waals surface area contributed by atoms with E-state index in [2.05, 4.69) is 10.6 Å². The van der Waals surface area contributed by atoms with Crippen molar-refractivity contribution in [1.82, 2.24) is 20.9 Å². The zero-order valence-corrected chi connectivity index (χ0v) is 15.1. The van der Waals surface area contributed by atoms with Crippen LogP contribution in [0.4, 0.5) is 18.4 Å². The van der Waals surface area contributed by atoms with E-state index in [9.17, 15) is 28.0 Å². The largest absolute Gasteiger partial charge is 0.335 e. The maximum Gasteiger partial charge on any atom is 0.325 e. The molecule has 1 heterocycles. The number of carbonyl (C=O) groups excluding carboxylic acids is 4. The van der Waals surface area contributed by atoms with Crippen LogP contribution in [-0.4, -0.2) is 41.4 Å². The molecule has 2 rings (SSSR count). The Balaban J connectivity index is 2.13. The number of hydrogen-bond donors (Lipinski definition) is 3. The summed E-state index contributed by atoms with van der Waals surface area (Å²) in [6.07, 6.45) is 0.645. The molecule has 1 aliphatic heterocycles. The summed E-state index contributed by atoms with van der Waals surface area (Å²) >= 11 is 0. The number of amides is 6. The van der Waals surface area contributed by atoms with Gasteiger partial charge in [0, 0.05) is 11.6 Å². The molecule has 1 fully saturated rings. The second kappa shape index (κ2) is 7.68. The summed E-state index contributed by atoms with van der Waals surface area (Å²) < 4.78 is 27.5. The van der Waals surface area contributed by atoms with Crippen LogP contribution in [0.2, 0.25) is 0 Å². The molecule has 27 heavy (non-hydrogen) atoms. The fraction of sp³-hybridized carbons (Fsp3) is 0.412. The summed E-state index contributed by atoms with van der Waals surface area (Å²) in [6.45, 7) is 4.04. The van der Waals surface area contributed by atoms with Gasteiger partial charge in [0.15, 0.2) is 0 Å². The van der Waals surface area contributed by atoms with E-state index < -0.39 is 47.6 Å². The summed E-state index contributed by atoms with van der Waals surface area (Å²) in [5.74, 6) is -3.50. The number of benzene rings is 1. The maximum absolute atomic E-state index is 14.1. The van der Waals surface area contributed by atoms with E-state index >= 15 is 0 Å². The quantitative estimate of drug-likeness (QED) is 0.668. The van der Waals surface area contributed by atoms with Crippen molar-refractivity contribution in [2.45, 2.75) is 38.8 Å². The normalized spacial score (nSPS) is 20.3.